The molecule has 0 aromatic carbocycles. The van der Waals surface area contributed by atoms with Gasteiger partial charge in [-0.05, 0) is 18.9 Å². The highest BCUT2D eigenvalue weighted by atomic mass is 16.3. The second-order valence-electron chi connectivity index (χ2n) is 6.53. The van der Waals surface area contributed by atoms with Crippen LogP contribution in [0.5, 0.6) is 0 Å². The first-order chi connectivity index (χ1) is 8.43. The summed E-state index contributed by atoms with van der Waals surface area (Å²) in [5, 5.41) is 12.7. The van der Waals surface area contributed by atoms with Crippen LogP contribution in [0.4, 0.5) is 0 Å². The number of hydrogen-bond donors (Lipinski definition) is 2. The van der Waals surface area contributed by atoms with Crippen molar-refractivity contribution in [2.75, 3.05) is 52.9 Å². The van der Waals surface area contributed by atoms with Crippen LogP contribution in [0.15, 0.2) is 0 Å². The molecule has 1 unspecified atom stereocenters. The van der Waals surface area contributed by atoms with E-state index in [1.54, 1.807) is 0 Å². The number of hydrogen-bond acceptors (Lipinski definition) is 4. The number of rotatable bonds is 6. The number of likely N-dealkylation sites (N-methyl/N-ethyl adjacent to an activating group) is 1. The Morgan fingerprint density at radius 1 is 1.17 bits per heavy atom. The number of aliphatic hydroxyl groups is 1. The zero-order chi connectivity index (χ0) is 13.6. The summed E-state index contributed by atoms with van der Waals surface area (Å²) in [6.07, 6.45) is 0.840. The van der Waals surface area contributed by atoms with Crippen LogP contribution < -0.4 is 5.32 Å². The van der Waals surface area contributed by atoms with E-state index in [0.29, 0.717) is 6.04 Å². The second kappa shape index (κ2) is 7.43. The van der Waals surface area contributed by atoms with Gasteiger partial charge in [-0.15, -0.1) is 0 Å². The van der Waals surface area contributed by atoms with Crippen molar-refractivity contribution in [1.82, 2.24) is 15.1 Å². The van der Waals surface area contributed by atoms with Crippen molar-refractivity contribution in [2.24, 2.45) is 5.41 Å². The van der Waals surface area contributed by atoms with Gasteiger partial charge in [0.05, 0.1) is 0 Å². The maximum Gasteiger partial charge on any atom is 0.0446 e. The van der Waals surface area contributed by atoms with Crippen molar-refractivity contribution in [2.45, 2.75) is 33.2 Å². The third-order valence-electron chi connectivity index (χ3n) is 3.88. The van der Waals surface area contributed by atoms with Gasteiger partial charge in [0.1, 0.15) is 0 Å². The molecular weight excluding hydrogens is 226 g/mol. The van der Waals surface area contributed by atoms with Gasteiger partial charge in [-0.2, -0.15) is 0 Å². The maximum atomic E-state index is 9.12. The standard InChI is InChI=1S/C14H31N3O/c1-14(2,3)13(5-12-18)15-6-7-17-10-8-16(4)9-11-17/h13,15,18H,5-12H2,1-4H3. The van der Waals surface area contributed by atoms with Crippen LogP contribution in [0.3, 0.4) is 0 Å². The molecule has 2 N–H and O–H groups in total. The lowest BCUT2D eigenvalue weighted by molar-refractivity contribution is 0.145. The zero-order valence-corrected chi connectivity index (χ0v) is 12.6. The minimum absolute atomic E-state index is 0.213. The van der Waals surface area contributed by atoms with Gasteiger partial charge in [0.2, 0.25) is 0 Å². The molecule has 1 saturated heterocycles. The molecule has 0 aliphatic carbocycles. The molecule has 0 spiro atoms. The molecule has 0 radical (unpaired) electrons. The maximum absolute atomic E-state index is 9.12. The predicted molar refractivity (Wildman–Crippen MR) is 76.9 cm³/mol. The summed E-state index contributed by atoms with van der Waals surface area (Å²) < 4.78 is 0. The lowest BCUT2D eigenvalue weighted by Gasteiger charge is -2.35. The molecule has 0 bridgehead atoms. The molecule has 4 nitrogen and oxygen atoms in total. The van der Waals surface area contributed by atoms with Gasteiger partial charge in [0.25, 0.3) is 0 Å². The van der Waals surface area contributed by atoms with E-state index >= 15 is 0 Å². The Balaban J connectivity index is 2.22. The summed E-state index contributed by atoms with van der Waals surface area (Å²) in [6, 6.07) is 0.398. The fraction of sp³-hybridized carbons (Fsp3) is 1.00. The lowest BCUT2D eigenvalue weighted by Crippen LogP contribution is -2.49. The Morgan fingerprint density at radius 2 is 1.78 bits per heavy atom. The van der Waals surface area contributed by atoms with Crippen LogP contribution in [0.25, 0.3) is 0 Å². The SMILES string of the molecule is CN1CCN(CCNC(CCO)C(C)(C)C)CC1. The van der Waals surface area contributed by atoms with E-state index in [2.05, 4.69) is 42.9 Å². The summed E-state index contributed by atoms with van der Waals surface area (Å²) in [7, 11) is 2.19. The third-order valence-corrected chi connectivity index (χ3v) is 3.88. The van der Waals surface area contributed by atoms with Gasteiger partial charge in [0.15, 0.2) is 0 Å². The smallest absolute Gasteiger partial charge is 0.0446 e. The highest BCUT2D eigenvalue weighted by Gasteiger charge is 2.23. The lowest BCUT2D eigenvalue weighted by atomic mass is 9.85. The van der Waals surface area contributed by atoms with Crippen LogP contribution in [-0.2, 0) is 0 Å². The first kappa shape index (κ1) is 15.9. The molecule has 0 amide bonds. The van der Waals surface area contributed by atoms with Gasteiger partial charge in [-0.25, -0.2) is 0 Å². The Morgan fingerprint density at radius 3 is 2.28 bits per heavy atom. The van der Waals surface area contributed by atoms with Crippen LogP contribution in [0, 0.1) is 5.41 Å². The molecule has 0 aromatic heterocycles. The Kier molecular flexibility index (Phi) is 6.57. The summed E-state index contributed by atoms with van der Waals surface area (Å²) in [5.41, 5.74) is 0.213. The van der Waals surface area contributed by atoms with Crippen molar-refractivity contribution in [3.8, 4) is 0 Å². The highest BCUT2D eigenvalue weighted by Crippen LogP contribution is 2.21. The quantitative estimate of drug-likeness (QED) is 0.732. The average molecular weight is 257 g/mol. The first-order valence-electron chi connectivity index (χ1n) is 7.18. The van der Waals surface area contributed by atoms with Crippen molar-refractivity contribution in [3.05, 3.63) is 0 Å². The number of nitrogens with one attached hydrogen (secondary N) is 1. The Hall–Kier alpha value is -0.160. The van der Waals surface area contributed by atoms with Crippen molar-refractivity contribution in [3.63, 3.8) is 0 Å². The van der Waals surface area contributed by atoms with Gasteiger partial charge in [0, 0.05) is 51.9 Å². The molecule has 1 aliphatic rings. The monoisotopic (exact) mass is 257 g/mol. The number of piperazine rings is 1. The molecular formula is C14H31N3O. The van der Waals surface area contributed by atoms with Gasteiger partial charge in [-0.1, -0.05) is 20.8 Å². The van der Waals surface area contributed by atoms with Crippen LogP contribution in [0.1, 0.15) is 27.2 Å². The minimum atomic E-state index is 0.213. The average Bonchev–Trinajstić information content (AvgIpc) is 2.29. The van der Waals surface area contributed by atoms with Gasteiger partial charge < -0.3 is 15.3 Å². The molecule has 1 rings (SSSR count). The van der Waals surface area contributed by atoms with Crippen LogP contribution in [0.2, 0.25) is 0 Å². The van der Waals surface area contributed by atoms with E-state index in [9.17, 15) is 0 Å². The zero-order valence-electron chi connectivity index (χ0n) is 12.6. The summed E-state index contributed by atoms with van der Waals surface area (Å²) in [5.74, 6) is 0. The van der Waals surface area contributed by atoms with E-state index < -0.39 is 0 Å². The van der Waals surface area contributed by atoms with Crippen molar-refractivity contribution in [1.29, 1.82) is 0 Å². The molecule has 0 aromatic rings. The van der Waals surface area contributed by atoms with E-state index in [-0.39, 0.29) is 12.0 Å². The molecule has 1 atom stereocenters. The molecule has 18 heavy (non-hydrogen) atoms. The van der Waals surface area contributed by atoms with Crippen molar-refractivity contribution >= 4 is 0 Å². The molecule has 1 heterocycles. The number of aliphatic hydroxyl groups excluding tert-OH is 1. The molecule has 1 aliphatic heterocycles. The minimum Gasteiger partial charge on any atom is -0.396 e. The molecule has 4 heteroatoms. The van der Waals surface area contributed by atoms with E-state index in [4.69, 9.17) is 5.11 Å². The van der Waals surface area contributed by atoms with E-state index in [0.717, 1.165) is 19.5 Å². The first-order valence-corrected chi connectivity index (χ1v) is 7.18. The van der Waals surface area contributed by atoms with Crippen molar-refractivity contribution < 1.29 is 5.11 Å². The largest absolute Gasteiger partial charge is 0.396 e. The van der Waals surface area contributed by atoms with E-state index in [1.807, 2.05) is 0 Å². The summed E-state index contributed by atoms with van der Waals surface area (Å²) in [4.78, 5) is 4.90. The Bertz CT molecular complexity index is 220. The number of nitrogens with zero attached hydrogens (tertiary/aromatic N) is 2. The third kappa shape index (κ3) is 5.65. The second-order valence-corrected chi connectivity index (χ2v) is 6.53. The Labute approximate surface area is 112 Å². The summed E-state index contributed by atoms with van der Waals surface area (Å²) in [6.45, 7) is 13.8. The predicted octanol–water partition coefficient (Wildman–Crippen LogP) is 0.621. The topological polar surface area (TPSA) is 38.7 Å². The van der Waals surface area contributed by atoms with Gasteiger partial charge >= 0.3 is 0 Å². The molecule has 108 valence electrons. The normalized spacial score (nSPS) is 21.2. The van der Waals surface area contributed by atoms with Crippen LogP contribution >= 0.6 is 0 Å². The fourth-order valence-electron chi connectivity index (χ4n) is 2.44. The highest BCUT2D eigenvalue weighted by molar-refractivity contribution is 4.81. The van der Waals surface area contributed by atoms with Crippen LogP contribution in [-0.4, -0.2) is 73.9 Å². The summed E-state index contributed by atoms with van der Waals surface area (Å²) >= 11 is 0. The fourth-order valence-corrected chi connectivity index (χ4v) is 2.44. The van der Waals surface area contributed by atoms with Gasteiger partial charge in [-0.3, -0.25) is 4.90 Å². The molecule has 1 fully saturated rings. The van der Waals surface area contributed by atoms with E-state index in [1.165, 1.54) is 26.2 Å². The molecule has 0 saturated carbocycles.